The molecule has 0 bridgehead atoms. The number of rotatable bonds is 10. The van der Waals surface area contributed by atoms with E-state index in [0.717, 1.165) is 39.4 Å². The molecule has 10 heteroatoms. The first-order chi connectivity index (χ1) is 21.5. The molecule has 6 aromatic rings. The maximum absolute atomic E-state index is 13.5. The number of fused-ring (bicyclic) bond motifs is 1. The quantitative estimate of drug-likeness (QED) is 0.194. The van der Waals surface area contributed by atoms with Crippen molar-refractivity contribution in [2.24, 2.45) is 0 Å². The van der Waals surface area contributed by atoms with E-state index in [1.165, 1.54) is 15.9 Å². The van der Waals surface area contributed by atoms with Gasteiger partial charge in [-0.25, -0.2) is 4.68 Å². The van der Waals surface area contributed by atoms with E-state index in [0.29, 0.717) is 40.0 Å². The lowest BCUT2D eigenvalue weighted by Gasteiger charge is -2.09. The van der Waals surface area contributed by atoms with Crippen LogP contribution in [0.15, 0.2) is 77.7 Å². The van der Waals surface area contributed by atoms with Crippen LogP contribution in [0.3, 0.4) is 0 Å². The Kier molecular flexibility index (Phi) is 8.25. The number of aryl methyl sites for hydroxylation is 1. The van der Waals surface area contributed by atoms with E-state index in [1.807, 2.05) is 111 Å². The molecule has 0 aliphatic carbocycles. The van der Waals surface area contributed by atoms with Gasteiger partial charge in [0.25, 0.3) is 5.56 Å². The molecular weight excluding hydrogens is 574 g/mol. The SMILES string of the molecule is CCOc1ccc(-c2nn(-c3ccccc3)cc2/C=c2\sc3nc(/C=C/c4ccc(OCC)c(OC)c4)nn3c2=O)c(C)c1. The molecule has 0 amide bonds. The number of benzene rings is 3. The summed E-state index contributed by atoms with van der Waals surface area (Å²) in [6.07, 6.45) is 7.45. The van der Waals surface area contributed by atoms with Gasteiger partial charge in [-0.2, -0.15) is 14.6 Å². The Morgan fingerprint density at radius 2 is 1.73 bits per heavy atom. The van der Waals surface area contributed by atoms with Crippen molar-refractivity contribution in [1.29, 1.82) is 0 Å². The second-order valence-electron chi connectivity index (χ2n) is 9.88. The average molecular weight is 606 g/mol. The summed E-state index contributed by atoms with van der Waals surface area (Å²) in [4.78, 5) is 18.6. The minimum absolute atomic E-state index is 0.235. The van der Waals surface area contributed by atoms with Crippen LogP contribution in [0.5, 0.6) is 17.2 Å². The second-order valence-corrected chi connectivity index (χ2v) is 10.9. The van der Waals surface area contributed by atoms with E-state index < -0.39 is 0 Å². The van der Waals surface area contributed by atoms with Crippen molar-refractivity contribution >= 4 is 34.5 Å². The van der Waals surface area contributed by atoms with E-state index in [-0.39, 0.29) is 5.56 Å². The highest BCUT2D eigenvalue weighted by Crippen LogP contribution is 2.31. The fraction of sp³-hybridized carbons (Fsp3) is 0.176. The smallest absolute Gasteiger partial charge is 0.291 e. The second kappa shape index (κ2) is 12.6. The standard InChI is InChI=1S/C34H31N5O4S/c1-5-42-26-14-15-27(22(3)18-26)32-24(21-38(37-32)25-10-8-7-9-11-25)20-30-33(40)39-34(44-30)35-31(36-39)17-13-23-12-16-28(43-6-2)29(19-23)41-4/h7-21H,5-6H2,1-4H3/b17-13+,30-20-. The van der Waals surface area contributed by atoms with Crippen molar-refractivity contribution in [3.8, 4) is 34.2 Å². The largest absolute Gasteiger partial charge is 0.494 e. The first-order valence-electron chi connectivity index (χ1n) is 14.3. The predicted molar refractivity (Wildman–Crippen MR) is 174 cm³/mol. The van der Waals surface area contributed by atoms with Gasteiger partial charge in [-0.15, -0.1) is 5.10 Å². The molecule has 0 aliphatic heterocycles. The zero-order valence-electron chi connectivity index (χ0n) is 24.9. The van der Waals surface area contributed by atoms with Crippen LogP contribution in [-0.4, -0.2) is 44.7 Å². The molecule has 0 radical (unpaired) electrons. The molecule has 0 saturated carbocycles. The van der Waals surface area contributed by atoms with E-state index in [1.54, 1.807) is 13.2 Å². The van der Waals surface area contributed by atoms with Gasteiger partial charge in [0.2, 0.25) is 4.96 Å². The van der Waals surface area contributed by atoms with Crippen molar-refractivity contribution in [2.75, 3.05) is 20.3 Å². The fourth-order valence-electron chi connectivity index (χ4n) is 4.87. The fourth-order valence-corrected chi connectivity index (χ4v) is 5.77. The normalized spacial score (nSPS) is 12.0. The number of aromatic nitrogens is 5. The van der Waals surface area contributed by atoms with Gasteiger partial charge < -0.3 is 14.2 Å². The van der Waals surface area contributed by atoms with Crippen LogP contribution < -0.4 is 24.3 Å². The third-order valence-electron chi connectivity index (χ3n) is 6.92. The summed E-state index contributed by atoms with van der Waals surface area (Å²) in [6, 6.07) is 21.5. The average Bonchev–Trinajstić information content (AvgIpc) is 3.72. The van der Waals surface area contributed by atoms with Gasteiger partial charge in [0, 0.05) is 17.3 Å². The monoisotopic (exact) mass is 605 g/mol. The summed E-state index contributed by atoms with van der Waals surface area (Å²) in [5, 5.41) is 9.39. The van der Waals surface area contributed by atoms with Crippen molar-refractivity contribution in [3.63, 3.8) is 0 Å². The highest BCUT2D eigenvalue weighted by atomic mass is 32.1. The number of hydrogen-bond donors (Lipinski definition) is 0. The maximum atomic E-state index is 13.5. The third-order valence-corrected chi connectivity index (χ3v) is 7.88. The first-order valence-corrected chi connectivity index (χ1v) is 15.1. The molecule has 9 nitrogen and oxygen atoms in total. The zero-order chi connectivity index (χ0) is 30.6. The zero-order valence-corrected chi connectivity index (χ0v) is 25.7. The summed E-state index contributed by atoms with van der Waals surface area (Å²) >= 11 is 1.29. The molecule has 0 spiro atoms. The van der Waals surface area contributed by atoms with Gasteiger partial charge in [0.1, 0.15) is 11.4 Å². The number of methoxy groups -OCH3 is 1. The van der Waals surface area contributed by atoms with Gasteiger partial charge in [-0.05, 0) is 86.5 Å². The van der Waals surface area contributed by atoms with Gasteiger partial charge in [0.05, 0.1) is 30.5 Å². The van der Waals surface area contributed by atoms with Crippen LogP contribution in [0.4, 0.5) is 0 Å². The topological polar surface area (TPSA) is 92.8 Å². The Labute approximate surface area is 258 Å². The maximum Gasteiger partial charge on any atom is 0.291 e. The van der Waals surface area contributed by atoms with E-state index in [9.17, 15) is 4.79 Å². The minimum Gasteiger partial charge on any atom is -0.494 e. The number of nitrogens with zero attached hydrogens (tertiary/aromatic N) is 5. The van der Waals surface area contributed by atoms with Crippen molar-refractivity contribution in [2.45, 2.75) is 20.8 Å². The van der Waals surface area contributed by atoms with Gasteiger partial charge in [0.15, 0.2) is 17.3 Å². The lowest BCUT2D eigenvalue weighted by Crippen LogP contribution is -2.23. The van der Waals surface area contributed by atoms with Crippen LogP contribution >= 0.6 is 11.3 Å². The predicted octanol–water partition coefficient (Wildman–Crippen LogP) is 5.84. The molecule has 3 aromatic carbocycles. The summed E-state index contributed by atoms with van der Waals surface area (Å²) in [7, 11) is 1.61. The molecule has 0 aliphatic rings. The lowest BCUT2D eigenvalue weighted by atomic mass is 10.0. The Morgan fingerprint density at radius 3 is 2.45 bits per heavy atom. The molecule has 3 heterocycles. The molecule has 0 unspecified atom stereocenters. The minimum atomic E-state index is -0.235. The summed E-state index contributed by atoms with van der Waals surface area (Å²) < 4.78 is 20.4. The molecule has 0 fully saturated rings. The molecule has 222 valence electrons. The molecule has 6 rings (SSSR count). The van der Waals surface area contributed by atoms with Crippen LogP contribution in [0, 0.1) is 6.92 Å². The molecule has 3 aromatic heterocycles. The van der Waals surface area contributed by atoms with Gasteiger partial charge in [-0.1, -0.05) is 41.7 Å². The Bertz CT molecular complexity index is 2080. The summed E-state index contributed by atoms with van der Waals surface area (Å²) in [5.74, 6) is 2.57. The Balaban J connectivity index is 1.36. The lowest BCUT2D eigenvalue weighted by molar-refractivity contribution is 0.311. The van der Waals surface area contributed by atoms with Crippen molar-refractivity contribution in [3.05, 3.63) is 110 Å². The van der Waals surface area contributed by atoms with Crippen molar-refractivity contribution in [1.82, 2.24) is 24.4 Å². The van der Waals surface area contributed by atoms with Gasteiger partial charge >= 0.3 is 0 Å². The molecule has 0 atom stereocenters. The summed E-state index contributed by atoms with van der Waals surface area (Å²) in [6.45, 7) is 7.06. The first kappa shape index (κ1) is 28.9. The molecule has 44 heavy (non-hydrogen) atoms. The number of ether oxygens (including phenoxy) is 3. The van der Waals surface area contributed by atoms with E-state index in [2.05, 4.69) is 10.1 Å². The highest BCUT2D eigenvalue weighted by molar-refractivity contribution is 7.15. The van der Waals surface area contributed by atoms with Crippen LogP contribution in [0.1, 0.15) is 36.4 Å². The summed E-state index contributed by atoms with van der Waals surface area (Å²) in [5.41, 5.74) is 5.14. The van der Waals surface area contributed by atoms with Crippen molar-refractivity contribution < 1.29 is 14.2 Å². The van der Waals surface area contributed by atoms with E-state index in [4.69, 9.17) is 19.3 Å². The Morgan fingerprint density at radius 1 is 0.909 bits per heavy atom. The third kappa shape index (κ3) is 5.84. The highest BCUT2D eigenvalue weighted by Gasteiger charge is 2.16. The van der Waals surface area contributed by atoms with Crippen LogP contribution in [0.2, 0.25) is 0 Å². The Hall–Kier alpha value is -5.22. The van der Waals surface area contributed by atoms with Gasteiger partial charge in [-0.3, -0.25) is 4.79 Å². The van der Waals surface area contributed by atoms with Crippen LogP contribution in [0.25, 0.3) is 40.1 Å². The van der Waals surface area contributed by atoms with E-state index >= 15 is 0 Å². The number of hydrogen-bond acceptors (Lipinski definition) is 8. The molecular formula is C34H31N5O4S. The number of thiazole rings is 1. The van der Waals surface area contributed by atoms with Crippen LogP contribution in [-0.2, 0) is 0 Å². The number of para-hydroxylation sites is 1. The molecule has 0 N–H and O–H groups in total. The molecule has 0 saturated heterocycles.